The second-order valence-corrected chi connectivity index (χ2v) is 4.58. The Kier molecular flexibility index (Phi) is 6.91. The Labute approximate surface area is 114 Å². The SMILES string of the molecule is COc1cc(OC)cc([C@H](O)CCCCCCl)c1. The number of unbranched alkanes of at least 4 members (excludes halogenated alkanes) is 2. The number of ether oxygens (including phenoxy) is 2. The third kappa shape index (κ3) is 4.75. The summed E-state index contributed by atoms with van der Waals surface area (Å²) in [5.41, 5.74) is 0.831. The molecule has 0 amide bonds. The van der Waals surface area contributed by atoms with Crippen molar-refractivity contribution in [2.24, 2.45) is 0 Å². The molecule has 102 valence electrons. The van der Waals surface area contributed by atoms with Crippen LogP contribution in [0.1, 0.15) is 37.4 Å². The highest BCUT2D eigenvalue weighted by Gasteiger charge is 2.10. The van der Waals surface area contributed by atoms with Gasteiger partial charge in [0.1, 0.15) is 11.5 Å². The van der Waals surface area contributed by atoms with Crippen molar-refractivity contribution in [1.29, 1.82) is 0 Å². The fourth-order valence-corrected chi connectivity index (χ4v) is 1.99. The van der Waals surface area contributed by atoms with E-state index in [-0.39, 0.29) is 0 Å². The standard InChI is InChI=1S/C14H21ClO3/c1-17-12-8-11(9-13(10-12)18-2)14(16)6-4-3-5-7-15/h8-10,14,16H,3-7H2,1-2H3/t14-/m1/s1. The maximum atomic E-state index is 10.1. The smallest absolute Gasteiger partial charge is 0.122 e. The Hall–Kier alpha value is -0.930. The van der Waals surface area contributed by atoms with Crippen molar-refractivity contribution in [3.05, 3.63) is 23.8 Å². The molecule has 1 N–H and O–H groups in total. The first kappa shape index (κ1) is 15.1. The van der Waals surface area contributed by atoms with Crippen LogP contribution in [0.25, 0.3) is 0 Å². The van der Waals surface area contributed by atoms with Gasteiger partial charge in [-0.3, -0.25) is 0 Å². The van der Waals surface area contributed by atoms with Gasteiger partial charge >= 0.3 is 0 Å². The first-order valence-electron chi connectivity index (χ1n) is 6.18. The van der Waals surface area contributed by atoms with E-state index in [1.807, 2.05) is 12.1 Å². The van der Waals surface area contributed by atoms with Crippen molar-refractivity contribution in [3.63, 3.8) is 0 Å². The zero-order valence-electron chi connectivity index (χ0n) is 11.0. The Morgan fingerprint density at radius 3 is 2.17 bits per heavy atom. The number of hydrogen-bond donors (Lipinski definition) is 1. The molecule has 0 aliphatic rings. The highest BCUT2D eigenvalue weighted by molar-refractivity contribution is 6.17. The van der Waals surface area contributed by atoms with Gasteiger partial charge in [-0.25, -0.2) is 0 Å². The summed E-state index contributed by atoms with van der Waals surface area (Å²) in [6.45, 7) is 0. The Morgan fingerprint density at radius 2 is 1.67 bits per heavy atom. The van der Waals surface area contributed by atoms with Crippen molar-refractivity contribution in [3.8, 4) is 11.5 Å². The quantitative estimate of drug-likeness (QED) is 0.581. The van der Waals surface area contributed by atoms with E-state index in [2.05, 4.69) is 0 Å². The molecule has 18 heavy (non-hydrogen) atoms. The van der Waals surface area contributed by atoms with Crippen molar-refractivity contribution in [1.82, 2.24) is 0 Å². The molecule has 1 aromatic carbocycles. The number of alkyl halides is 1. The zero-order valence-corrected chi connectivity index (χ0v) is 11.7. The maximum absolute atomic E-state index is 10.1. The van der Waals surface area contributed by atoms with E-state index in [1.54, 1.807) is 20.3 Å². The summed E-state index contributed by atoms with van der Waals surface area (Å²) in [6.07, 6.45) is 3.25. The van der Waals surface area contributed by atoms with Crippen LogP contribution in [0.15, 0.2) is 18.2 Å². The van der Waals surface area contributed by atoms with Gasteiger partial charge in [-0.05, 0) is 30.5 Å². The van der Waals surface area contributed by atoms with E-state index in [1.165, 1.54) is 0 Å². The summed E-state index contributed by atoms with van der Waals surface area (Å²) in [5.74, 6) is 2.08. The van der Waals surface area contributed by atoms with Crippen LogP contribution < -0.4 is 9.47 Å². The summed E-state index contributed by atoms with van der Waals surface area (Å²) in [7, 11) is 3.21. The molecule has 0 aromatic heterocycles. The number of methoxy groups -OCH3 is 2. The average molecular weight is 273 g/mol. The molecule has 4 heteroatoms. The van der Waals surface area contributed by atoms with Crippen molar-refractivity contribution >= 4 is 11.6 Å². The van der Waals surface area contributed by atoms with Crippen LogP contribution in [-0.2, 0) is 0 Å². The van der Waals surface area contributed by atoms with Crippen LogP contribution in [-0.4, -0.2) is 25.2 Å². The predicted molar refractivity (Wildman–Crippen MR) is 73.7 cm³/mol. The van der Waals surface area contributed by atoms with Crippen molar-refractivity contribution in [2.75, 3.05) is 20.1 Å². The lowest BCUT2D eigenvalue weighted by molar-refractivity contribution is 0.163. The number of aliphatic hydroxyl groups is 1. The van der Waals surface area contributed by atoms with Gasteiger partial charge in [0.2, 0.25) is 0 Å². The van der Waals surface area contributed by atoms with E-state index in [0.717, 1.165) is 31.2 Å². The Balaban J connectivity index is 2.63. The monoisotopic (exact) mass is 272 g/mol. The molecule has 0 heterocycles. The molecular formula is C14H21ClO3. The molecule has 0 aliphatic heterocycles. The molecule has 0 bridgehead atoms. The second-order valence-electron chi connectivity index (χ2n) is 4.20. The minimum absolute atomic E-state index is 0.482. The number of halogens is 1. The lowest BCUT2D eigenvalue weighted by atomic mass is 10.0. The van der Waals surface area contributed by atoms with Crippen molar-refractivity contribution < 1.29 is 14.6 Å². The van der Waals surface area contributed by atoms with Gasteiger partial charge < -0.3 is 14.6 Å². The van der Waals surface area contributed by atoms with Gasteiger partial charge in [0.05, 0.1) is 20.3 Å². The third-order valence-electron chi connectivity index (χ3n) is 2.87. The van der Waals surface area contributed by atoms with Crippen LogP contribution in [0.4, 0.5) is 0 Å². The van der Waals surface area contributed by atoms with Crippen LogP contribution in [0.3, 0.4) is 0 Å². The lowest BCUT2D eigenvalue weighted by Gasteiger charge is -2.13. The third-order valence-corrected chi connectivity index (χ3v) is 3.14. The summed E-state index contributed by atoms with van der Waals surface area (Å²) >= 11 is 5.62. The highest BCUT2D eigenvalue weighted by atomic mass is 35.5. The average Bonchev–Trinajstić information content (AvgIpc) is 2.42. The molecule has 1 aromatic rings. The molecule has 0 unspecified atom stereocenters. The fourth-order valence-electron chi connectivity index (χ4n) is 1.80. The maximum Gasteiger partial charge on any atom is 0.122 e. The van der Waals surface area contributed by atoms with Crippen LogP contribution in [0, 0.1) is 0 Å². The number of rotatable bonds is 8. The number of aliphatic hydroxyl groups excluding tert-OH is 1. The van der Waals surface area contributed by atoms with Gasteiger partial charge in [-0.15, -0.1) is 11.6 Å². The molecule has 0 radical (unpaired) electrons. The molecule has 0 spiro atoms. The second kappa shape index (κ2) is 8.22. The van der Waals surface area contributed by atoms with Gasteiger partial charge in [-0.1, -0.05) is 12.8 Å². The van der Waals surface area contributed by atoms with E-state index < -0.39 is 6.10 Å². The number of hydrogen-bond acceptors (Lipinski definition) is 3. The summed E-state index contributed by atoms with van der Waals surface area (Å²) in [6, 6.07) is 5.48. The molecular weight excluding hydrogens is 252 g/mol. The first-order chi connectivity index (χ1) is 8.71. The predicted octanol–water partition coefficient (Wildman–Crippen LogP) is 3.54. The fraction of sp³-hybridized carbons (Fsp3) is 0.571. The largest absolute Gasteiger partial charge is 0.497 e. The molecule has 1 atom stereocenters. The van der Waals surface area contributed by atoms with Gasteiger partial charge in [-0.2, -0.15) is 0 Å². The van der Waals surface area contributed by atoms with E-state index in [0.29, 0.717) is 17.4 Å². The van der Waals surface area contributed by atoms with E-state index in [4.69, 9.17) is 21.1 Å². The van der Waals surface area contributed by atoms with Gasteiger partial charge in [0, 0.05) is 11.9 Å². The summed E-state index contributed by atoms with van der Waals surface area (Å²) < 4.78 is 10.4. The summed E-state index contributed by atoms with van der Waals surface area (Å²) in [5, 5.41) is 10.1. The van der Waals surface area contributed by atoms with Crippen LogP contribution in [0.2, 0.25) is 0 Å². The number of benzene rings is 1. The van der Waals surface area contributed by atoms with Gasteiger partial charge in [0.25, 0.3) is 0 Å². The van der Waals surface area contributed by atoms with Crippen molar-refractivity contribution in [2.45, 2.75) is 31.8 Å². The molecule has 0 aliphatic carbocycles. The molecule has 3 nitrogen and oxygen atoms in total. The first-order valence-corrected chi connectivity index (χ1v) is 6.71. The minimum Gasteiger partial charge on any atom is -0.497 e. The zero-order chi connectivity index (χ0) is 13.4. The molecule has 1 rings (SSSR count). The van der Waals surface area contributed by atoms with E-state index >= 15 is 0 Å². The molecule has 0 saturated carbocycles. The minimum atomic E-state index is -0.482. The summed E-state index contributed by atoms with van der Waals surface area (Å²) in [4.78, 5) is 0. The van der Waals surface area contributed by atoms with E-state index in [9.17, 15) is 5.11 Å². The van der Waals surface area contributed by atoms with Crippen LogP contribution >= 0.6 is 11.6 Å². The normalized spacial score (nSPS) is 12.2. The molecule has 0 fully saturated rings. The van der Waals surface area contributed by atoms with Gasteiger partial charge in [0.15, 0.2) is 0 Å². The van der Waals surface area contributed by atoms with Crippen LogP contribution in [0.5, 0.6) is 11.5 Å². The molecule has 0 saturated heterocycles. The Bertz CT molecular complexity index is 333. The lowest BCUT2D eigenvalue weighted by Crippen LogP contribution is -1.99. The Morgan fingerprint density at radius 1 is 1.06 bits per heavy atom. The topological polar surface area (TPSA) is 38.7 Å². The highest BCUT2D eigenvalue weighted by Crippen LogP contribution is 2.28.